The van der Waals surface area contributed by atoms with Gasteiger partial charge < -0.3 is 15.4 Å². The van der Waals surface area contributed by atoms with Crippen molar-refractivity contribution in [2.75, 3.05) is 23.8 Å². The number of carbonyl (C=O) groups excluding carboxylic acids is 1. The number of ether oxygens (including phenoxy) is 1. The summed E-state index contributed by atoms with van der Waals surface area (Å²) in [5.41, 5.74) is 0.639. The Morgan fingerprint density at radius 2 is 1.63 bits per heavy atom. The first-order chi connectivity index (χ1) is 13.2. The van der Waals surface area contributed by atoms with Gasteiger partial charge in [-0.3, -0.25) is 4.79 Å². The lowest BCUT2D eigenvalue weighted by Crippen LogP contribution is -2.21. The summed E-state index contributed by atoms with van der Waals surface area (Å²) in [6.45, 7) is 0.403. The van der Waals surface area contributed by atoms with Crippen LogP contribution in [0, 0.1) is 5.82 Å². The van der Waals surface area contributed by atoms with Crippen molar-refractivity contribution in [2.24, 2.45) is 0 Å². The number of aromatic nitrogens is 2. The summed E-state index contributed by atoms with van der Waals surface area (Å²) in [5.74, 6) is 0.948. The van der Waals surface area contributed by atoms with Crippen LogP contribution in [0.15, 0.2) is 66.7 Å². The number of para-hydroxylation sites is 1. The van der Waals surface area contributed by atoms with Crippen LogP contribution in [-0.2, 0) is 11.2 Å². The van der Waals surface area contributed by atoms with Crippen molar-refractivity contribution >= 4 is 17.5 Å². The molecule has 27 heavy (non-hydrogen) atoms. The van der Waals surface area contributed by atoms with E-state index in [1.54, 1.807) is 42.5 Å². The van der Waals surface area contributed by atoms with Crippen LogP contribution in [-0.4, -0.2) is 29.3 Å². The van der Waals surface area contributed by atoms with Crippen LogP contribution in [0.25, 0.3) is 0 Å². The SMILES string of the molecule is O=C(COc1ccccc1)Nc1ccc(NCCc2ccccc2F)nn1. The Morgan fingerprint density at radius 1 is 0.926 bits per heavy atom. The van der Waals surface area contributed by atoms with Gasteiger partial charge in [0.1, 0.15) is 17.4 Å². The van der Waals surface area contributed by atoms with Crippen LogP contribution in [0.3, 0.4) is 0 Å². The highest BCUT2D eigenvalue weighted by atomic mass is 19.1. The van der Waals surface area contributed by atoms with E-state index in [2.05, 4.69) is 20.8 Å². The van der Waals surface area contributed by atoms with Gasteiger partial charge in [0.2, 0.25) is 0 Å². The highest BCUT2D eigenvalue weighted by Gasteiger charge is 2.06. The van der Waals surface area contributed by atoms with E-state index in [1.165, 1.54) is 6.07 Å². The van der Waals surface area contributed by atoms with Crippen molar-refractivity contribution in [3.63, 3.8) is 0 Å². The van der Waals surface area contributed by atoms with Gasteiger partial charge in [0.05, 0.1) is 0 Å². The molecule has 1 amide bonds. The Labute approximate surface area is 156 Å². The molecule has 138 valence electrons. The summed E-state index contributed by atoms with van der Waals surface area (Å²) in [6, 6.07) is 19.1. The molecule has 0 aliphatic heterocycles. The van der Waals surface area contributed by atoms with E-state index in [1.807, 2.05) is 18.2 Å². The maximum absolute atomic E-state index is 13.6. The molecule has 6 nitrogen and oxygen atoms in total. The summed E-state index contributed by atoms with van der Waals surface area (Å²) in [6.07, 6.45) is 0.531. The van der Waals surface area contributed by atoms with Gasteiger partial charge >= 0.3 is 0 Å². The van der Waals surface area contributed by atoms with Crippen LogP contribution >= 0.6 is 0 Å². The molecule has 2 aromatic carbocycles. The van der Waals surface area contributed by atoms with Gasteiger partial charge in [-0.25, -0.2) is 4.39 Å². The molecule has 0 aliphatic carbocycles. The van der Waals surface area contributed by atoms with Crippen LogP contribution in [0.4, 0.5) is 16.0 Å². The Morgan fingerprint density at radius 3 is 2.37 bits per heavy atom. The number of hydrogen-bond donors (Lipinski definition) is 2. The van der Waals surface area contributed by atoms with Crippen molar-refractivity contribution in [2.45, 2.75) is 6.42 Å². The first-order valence-corrected chi connectivity index (χ1v) is 8.49. The van der Waals surface area contributed by atoms with Gasteiger partial charge in [0.25, 0.3) is 5.91 Å². The first-order valence-electron chi connectivity index (χ1n) is 8.49. The highest BCUT2D eigenvalue weighted by Crippen LogP contribution is 2.10. The lowest BCUT2D eigenvalue weighted by molar-refractivity contribution is -0.118. The van der Waals surface area contributed by atoms with Gasteiger partial charge in [-0.15, -0.1) is 10.2 Å². The number of nitrogens with one attached hydrogen (secondary N) is 2. The molecule has 0 atom stereocenters. The Balaban J connectivity index is 1.43. The molecular weight excluding hydrogens is 347 g/mol. The van der Waals surface area contributed by atoms with Crippen molar-refractivity contribution < 1.29 is 13.9 Å². The number of anilines is 2. The normalized spacial score (nSPS) is 10.3. The third-order valence-corrected chi connectivity index (χ3v) is 3.70. The number of halogens is 1. The molecule has 0 spiro atoms. The molecule has 3 rings (SSSR count). The van der Waals surface area contributed by atoms with Gasteiger partial charge in [-0.2, -0.15) is 0 Å². The molecule has 0 saturated heterocycles. The third-order valence-electron chi connectivity index (χ3n) is 3.70. The molecule has 0 saturated carbocycles. The van der Waals surface area contributed by atoms with Gasteiger partial charge in [-0.1, -0.05) is 36.4 Å². The minimum Gasteiger partial charge on any atom is -0.484 e. The number of hydrogen-bond acceptors (Lipinski definition) is 5. The lowest BCUT2D eigenvalue weighted by atomic mass is 10.1. The maximum atomic E-state index is 13.6. The summed E-state index contributed by atoms with van der Waals surface area (Å²) in [4.78, 5) is 11.9. The Kier molecular flexibility index (Phi) is 6.30. The molecule has 7 heteroatoms. The van der Waals surface area contributed by atoms with Crippen LogP contribution in [0.1, 0.15) is 5.56 Å². The molecular formula is C20H19FN4O2. The topological polar surface area (TPSA) is 76.1 Å². The number of benzene rings is 2. The fourth-order valence-electron chi connectivity index (χ4n) is 2.36. The number of nitrogens with zero attached hydrogens (tertiary/aromatic N) is 2. The van der Waals surface area contributed by atoms with Gasteiger partial charge in [0, 0.05) is 6.54 Å². The molecule has 0 aliphatic rings. The maximum Gasteiger partial charge on any atom is 0.263 e. The predicted octanol–water partition coefficient (Wildman–Crippen LogP) is 3.29. The second-order valence-corrected chi connectivity index (χ2v) is 5.72. The smallest absolute Gasteiger partial charge is 0.263 e. The molecule has 0 radical (unpaired) electrons. The van der Waals surface area contributed by atoms with E-state index < -0.39 is 0 Å². The van der Waals surface area contributed by atoms with Crippen molar-refractivity contribution in [1.29, 1.82) is 0 Å². The second-order valence-electron chi connectivity index (χ2n) is 5.72. The van der Waals surface area contributed by atoms with Crippen LogP contribution in [0.2, 0.25) is 0 Å². The fourth-order valence-corrected chi connectivity index (χ4v) is 2.36. The third kappa shape index (κ3) is 5.78. The summed E-state index contributed by atoms with van der Waals surface area (Å²) < 4.78 is 18.9. The summed E-state index contributed by atoms with van der Waals surface area (Å²) in [5, 5.41) is 13.6. The number of rotatable bonds is 8. The molecule has 0 unspecified atom stereocenters. The minimum atomic E-state index is -0.326. The average Bonchev–Trinajstić information content (AvgIpc) is 2.70. The zero-order valence-electron chi connectivity index (χ0n) is 14.6. The van der Waals surface area contributed by atoms with E-state index >= 15 is 0 Å². The molecule has 3 aromatic rings. The molecule has 0 bridgehead atoms. The predicted molar refractivity (Wildman–Crippen MR) is 101 cm³/mol. The Hall–Kier alpha value is -3.48. The van der Waals surface area contributed by atoms with E-state index in [9.17, 15) is 9.18 Å². The molecule has 0 fully saturated rings. The molecule has 2 N–H and O–H groups in total. The van der Waals surface area contributed by atoms with E-state index in [-0.39, 0.29) is 18.3 Å². The van der Waals surface area contributed by atoms with E-state index in [4.69, 9.17) is 4.74 Å². The fraction of sp³-hybridized carbons (Fsp3) is 0.150. The quantitative estimate of drug-likeness (QED) is 0.640. The van der Waals surface area contributed by atoms with E-state index in [0.29, 0.717) is 35.9 Å². The van der Waals surface area contributed by atoms with Gasteiger partial charge in [0.15, 0.2) is 12.4 Å². The minimum absolute atomic E-state index is 0.117. The van der Waals surface area contributed by atoms with Crippen molar-refractivity contribution in [3.8, 4) is 5.75 Å². The van der Waals surface area contributed by atoms with Crippen molar-refractivity contribution in [3.05, 3.63) is 78.1 Å². The summed E-state index contributed by atoms with van der Waals surface area (Å²) >= 11 is 0. The summed E-state index contributed by atoms with van der Waals surface area (Å²) in [7, 11) is 0. The number of amides is 1. The largest absolute Gasteiger partial charge is 0.484 e. The van der Waals surface area contributed by atoms with Gasteiger partial charge in [-0.05, 0) is 42.3 Å². The average molecular weight is 366 g/mol. The zero-order chi connectivity index (χ0) is 18.9. The standard InChI is InChI=1S/C20H19FN4O2/c21-17-9-5-4-6-15(17)12-13-22-18-10-11-19(25-24-18)23-20(26)14-27-16-7-2-1-3-8-16/h1-11H,12-14H2,(H,22,24)(H,23,25,26). The Bertz CT molecular complexity index is 873. The van der Waals surface area contributed by atoms with Crippen LogP contribution in [0.5, 0.6) is 5.75 Å². The molecule has 1 heterocycles. The molecule has 1 aromatic heterocycles. The lowest BCUT2D eigenvalue weighted by Gasteiger charge is -2.08. The first kappa shape index (κ1) is 18.3. The second kappa shape index (κ2) is 9.28. The monoisotopic (exact) mass is 366 g/mol. The zero-order valence-corrected chi connectivity index (χ0v) is 14.6. The number of carbonyl (C=O) groups is 1. The highest BCUT2D eigenvalue weighted by molar-refractivity contribution is 5.90. The van der Waals surface area contributed by atoms with E-state index in [0.717, 1.165) is 0 Å². The van der Waals surface area contributed by atoms with Crippen LogP contribution < -0.4 is 15.4 Å². The van der Waals surface area contributed by atoms with Crippen molar-refractivity contribution in [1.82, 2.24) is 10.2 Å².